The second-order valence-electron chi connectivity index (χ2n) is 6.92. The lowest BCUT2D eigenvalue weighted by atomic mass is 9.87. The van der Waals surface area contributed by atoms with Crippen LogP contribution in [0, 0.1) is 5.82 Å². The van der Waals surface area contributed by atoms with Gasteiger partial charge in [-0.2, -0.15) is 5.10 Å². The molecule has 0 spiro atoms. The maximum Gasteiger partial charge on any atom is 0.123 e. The van der Waals surface area contributed by atoms with Gasteiger partial charge >= 0.3 is 0 Å². The Balaban J connectivity index is 1.46. The van der Waals surface area contributed by atoms with E-state index in [4.69, 9.17) is 0 Å². The number of halogens is 1. The van der Waals surface area contributed by atoms with Crippen molar-refractivity contribution in [2.75, 3.05) is 13.1 Å². The Morgan fingerprint density at radius 1 is 1.19 bits per heavy atom. The molecule has 136 valence electrons. The van der Waals surface area contributed by atoms with E-state index in [1.54, 1.807) is 23.5 Å². The number of benzene rings is 1. The van der Waals surface area contributed by atoms with Gasteiger partial charge in [0.1, 0.15) is 5.82 Å². The average Bonchev–Trinajstić information content (AvgIpc) is 3.27. The second-order valence-corrected chi connectivity index (χ2v) is 7.86. The van der Waals surface area contributed by atoms with Crippen molar-refractivity contribution < 1.29 is 9.50 Å². The number of likely N-dealkylation sites (tertiary alicyclic amines) is 1. The Kier molecular flexibility index (Phi) is 4.89. The van der Waals surface area contributed by atoms with E-state index in [1.165, 1.54) is 22.6 Å². The molecule has 2 N–H and O–H groups in total. The number of nitrogens with zero attached hydrogens (tertiary/aromatic N) is 2. The van der Waals surface area contributed by atoms with E-state index in [1.807, 2.05) is 12.3 Å². The van der Waals surface area contributed by atoms with E-state index in [2.05, 4.69) is 26.5 Å². The zero-order chi connectivity index (χ0) is 18.0. The first-order chi connectivity index (χ1) is 12.6. The summed E-state index contributed by atoms with van der Waals surface area (Å²) >= 11 is 1.70. The smallest absolute Gasteiger partial charge is 0.123 e. The Morgan fingerprint density at radius 2 is 2.04 bits per heavy atom. The van der Waals surface area contributed by atoms with Gasteiger partial charge in [-0.1, -0.05) is 18.2 Å². The van der Waals surface area contributed by atoms with Crippen molar-refractivity contribution in [3.05, 3.63) is 64.9 Å². The van der Waals surface area contributed by atoms with Gasteiger partial charge in [-0.05, 0) is 54.9 Å². The molecule has 0 amide bonds. The fraction of sp³-hybridized carbons (Fsp3) is 0.350. The lowest BCUT2D eigenvalue weighted by Crippen LogP contribution is -2.29. The highest BCUT2D eigenvalue weighted by molar-refractivity contribution is 7.13. The van der Waals surface area contributed by atoms with Crippen LogP contribution in [0.2, 0.25) is 0 Å². The van der Waals surface area contributed by atoms with E-state index in [0.29, 0.717) is 12.8 Å². The predicted octanol–water partition coefficient (Wildman–Crippen LogP) is 4.15. The van der Waals surface area contributed by atoms with Crippen LogP contribution in [0.4, 0.5) is 4.39 Å². The van der Waals surface area contributed by atoms with Gasteiger partial charge in [-0.3, -0.25) is 10.00 Å². The Bertz CT molecular complexity index is 846. The molecule has 4 nitrogen and oxygen atoms in total. The van der Waals surface area contributed by atoms with Crippen LogP contribution in [0.25, 0.3) is 10.6 Å². The molecule has 1 aromatic carbocycles. The Hall–Kier alpha value is -2.02. The minimum atomic E-state index is -0.880. The molecular weight excluding hydrogens is 349 g/mol. The zero-order valence-electron chi connectivity index (χ0n) is 14.5. The molecule has 1 aliphatic rings. The van der Waals surface area contributed by atoms with Gasteiger partial charge < -0.3 is 5.11 Å². The van der Waals surface area contributed by atoms with Gasteiger partial charge in [0.25, 0.3) is 0 Å². The van der Waals surface area contributed by atoms with Crippen molar-refractivity contribution in [3.8, 4) is 10.6 Å². The summed E-state index contributed by atoms with van der Waals surface area (Å²) in [5.74, 6) is -0.270. The summed E-state index contributed by atoms with van der Waals surface area (Å²) < 4.78 is 13.2. The van der Waals surface area contributed by atoms with E-state index >= 15 is 0 Å². The predicted molar refractivity (Wildman–Crippen MR) is 101 cm³/mol. The SMILES string of the molecule is O[C@]1(c2ccc(F)cc2)CCCN(Cc2cn[nH]c2-c2cccs2)CC1. The van der Waals surface area contributed by atoms with Gasteiger partial charge in [-0.15, -0.1) is 11.3 Å². The number of hydrogen-bond acceptors (Lipinski definition) is 4. The third-order valence-electron chi connectivity index (χ3n) is 5.17. The van der Waals surface area contributed by atoms with Crippen LogP contribution in [0.15, 0.2) is 48.0 Å². The van der Waals surface area contributed by atoms with Crippen molar-refractivity contribution in [1.29, 1.82) is 0 Å². The van der Waals surface area contributed by atoms with Gasteiger partial charge in [0.2, 0.25) is 0 Å². The van der Waals surface area contributed by atoms with E-state index in [-0.39, 0.29) is 5.82 Å². The highest BCUT2D eigenvalue weighted by Gasteiger charge is 2.32. The topological polar surface area (TPSA) is 52.1 Å². The van der Waals surface area contributed by atoms with E-state index in [0.717, 1.165) is 37.3 Å². The maximum atomic E-state index is 13.2. The van der Waals surface area contributed by atoms with E-state index in [9.17, 15) is 9.50 Å². The van der Waals surface area contributed by atoms with Crippen LogP contribution in [0.3, 0.4) is 0 Å². The highest BCUT2D eigenvalue weighted by atomic mass is 32.1. The van der Waals surface area contributed by atoms with Gasteiger partial charge in [0.15, 0.2) is 0 Å². The molecule has 6 heteroatoms. The van der Waals surface area contributed by atoms with Crippen LogP contribution in [-0.2, 0) is 12.1 Å². The third kappa shape index (κ3) is 3.58. The largest absolute Gasteiger partial charge is 0.385 e. The third-order valence-corrected chi connectivity index (χ3v) is 6.05. The highest BCUT2D eigenvalue weighted by Crippen LogP contribution is 2.34. The minimum absolute atomic E-state index is 0.270. The number of thiophene rings is 1. The van der Waals surface area contributed by atoms with Crippen LogP contribution >= 0.6 is 11.3 Å². The number of aromatic amines is 1. The molecule has 3 heterocycles. The molecule has 4 rings (SSSR count). The molecule has 26 heavy (non-hydrogen) atoms. The van der Waals surface area contributed by atoms with Crippen molar-refractivity contribution in [2.45, 2.75) is 31.4 Å². The van der Waals surface area contributed by atoms with Crippen LogP contribution < -0.4 is 0 Å². The van der Waals surface area contributed by atoms with Crippen molar-refractivity contribution in [3.63, 3.8) is 0 Å². The van der Waals surface area contributed by atoms with Gasteiger partial charge in [0.05, 0.1) is 22.4 Å². The fourth-order valence-corrected chi connectivity index (χ4v) is 4.44. The van der Waals surface area contributed by atoms with Gasteiger partial charge in [-0.25, -0.2) is 4.39 Å². The molecule has 1 saturated heterocycles. The first kappa shape index (κ1) is 17.4. The number of hydrogen-bond donors (Lipinski definition) is 2. The zero-order valence-corrected chi connectivity index (χ0v) is 15.3. The van der Waals surface area contributed by atoms with E-state index < -0.39 is 5.60 Å². The minimum Gasteiger partial charge on any atom is -0.385 e. The molecule has 1 atom stereocenters. The molecule has 2 aromatic heterocycles. The molecule has 0 aliphatic carbocycles. The Morgan fingerprint density at radius 3 is 2.81 bits per heavy atom. The summed E-state index contributed by atoms with van der Waals surface area (Å²) in [5.41, 5.74) is 2.19. The van der Waals surface area contributed by atoms with Crippen molar-refractivity contribution >= 4 is 11.3 Å². The van der Waals surface area contributed by atoms with Crippen molar-refractivity contribution in [1.82, 2.24) is 15.1 Å². The lowest BCUT2D eigenvalue weighted by Gasteiger charge is -2.27. The first-order valence-corrected chi connectivity index (χ1v) is 9.79. The number of nitrogens with one attached hydrogen (secondary N) is 1. The number of aliphatic hydroxyl groups is 1. The molecule has 1 fully saturated rings. The van der Waals surface area contributed by atoms with Gasteiger partial charge in [0, 0.05) is 18.7 Å². The number of H-pyrrole nitrogens is 1. The lowest BCUT2D eigenvalue weighted by molar-refractivity contribution is 0.0209. The summed E-state index contributed by atoms with van der Waals surface area (Å²) in [7, 11) is 0. The summed E-state index contributed by atoms with van der Waals surface area (Å²) in [5, 5.41) is 20.5. The molecule has 0 unspecified atom stereocenters. The standard InChI is InChI=1S/C20H22FN3OS/c21-17-6-4-16(5-7-17)20(25)8-2-10-24(11-9-20)14-15-13-22-23-19(15)18-3-1-12-26-18/h1,3-7,12-13,25H,2,8-11,14H2,(H,22,23)/t20-/m1/s1. The molecule has 1 aliphatic heterocycles. The second kappa shape index (κ2) is 7.31. The maximum absolute atomic E-state index is 13.2. The molecule has 0 bridgehead atoms. The fourth-order valence-electron chi connectivity index (χ4n) is 3.69. The molecule has 0 saturated carbocycles. The molecular formula is C20H22FN3OS. The van der Waals surface area contributed by atoms with Crippen LogP contribution in [-0.4, -0.2) is 33.3 Å². The summed E-state index contributed by atoms with van der Waals surface area (Å²) in [6.07, 6.45) is 4.13. The first-order valence-electron chi connectivity index (χ1n) is 8.91. The summed E-state index contributed by atoms with van der Waals surface area (Å²) in [4.78, 5) is 3.55. The summed E-state index contributed by atoms with van der Waals surface area (Å²) in [6.45, 7) is 2.53. The summed E-state index contributed by atoms with van der Waals surface area (Å²) in [6, 6.07) is 10.4. The van der Waals surface area contributed by atoms with Crippen molar-refractivity contribution in [2.24, 2.45) is 0 Å². The average molecular weight is 371 g/mol. The van der Waals surface area contributed by atoms with Crippen LogP contribution in [0.5, 0.6) is 0 Å². The number of aromatic nitrogens is 2. The molecule has 3 aromatic rings. The van der Waals surface area contributed by atoms with Crippen LogP contribution in [0.1, 0.15) is 30.4 Å². The quantitative estimate of drug-likeness (QED) is 0.724. The monoisotopic (exact) mass is 371 g/mol. The normalized spacial score (nSPS) is 21.6. The Labute approximate surface area is 156 Å². The number of rotatable bonds is 4. The molecule has 0 radical (unpaired) electrons.